The van der Waals surface area contributed by atoms with Gasteiger partial charge >= 0.3 is 0 Å². The number of carbonyl (C=O) groups is 2. The van der Waals surface area contributed by atoms with E-state index >= 15 is 0 Å². The van der Waals surface area contributed by atoms with Gasteiger partial charge in [-0.25, -0.2) is 0 Å². The van der Waals surface area contributed by atoms with Crippen LogP contribution in [0.1, 0.15) is 52.0 Å². The Morgan fingerprint density at radius 1 is 1.21 bits per heavy atom. The molecule has 1 aromatic rings. The molecule has 156 valence electrons. The zero-order valence-corrected chi connectivity index (χ0v) is 17.4. The molecule has 2 N–H and O–H groups in total. The van der Waals surface area contributed by atoms with Crippen molar-refractivity contribution >= 4 is 17.9 Å². The molecule has 1 saturated heterocycles. The molecule has 0 aromatic heterocycles. The van der Waals surface area contributed by atoms with Crippen LogP contribution in [0.5, 0.6) is 11.5 Å². The Bertz CT molecular complexity index is 827. The molecule has 2 fully saturated rings. The van der Waals surface area contributed by atoms with Crippen LogP contribution in [0.4, 0.5) is 0 Å². The van der Waals surface area contributed by atoms with Crippen molar-refractivity contribution in [1.29, 1.82) is 0 Å². The van der Waals surface area contributed by atoms with Crippen LogP contribution in [0, 0.1) is 17.3 Å². The highest BCUT2D eigenvalue weighted by atomic mass is 16.7. The van der Waals surface area contributed by atoms with Gasteiger partial charge < -0.3 is 20.1 Å². The molecule has 1 aliphatic carbocycles. The van der Waals surface area contributed by atoms with Crippen molar-refractivity contribution in [1.82, 2.24) is 10.6 Å². The van der Waals surface area contributed by atoms with Crippen molar-refractivity contribution in [2.75, 3.05) is 6.79 Å². The molecule has 2 aliphatic heterocycles. The first-order valence-corrected chi connectivity index (χ1v) is 10.5. The SMILES string of the molecule is CC(C)(C)C1CC(=O)NC2CC(NC(=O)/C=C\c3ccc4c(c3)OCO4)CCC21. The lowest BCUT2D eigenvalue weighted by atomic mass is 9.62. The van der Waals surface area contributed by atoms with Gasteiger partial charge in [0, 0.05) is 24.6 Å². The fourth-order valence-electron chi connectivity index (χ4n) is 4.98. The summed E-state index contributed by atoms with van der Waals surface area (Å²) < 4.78 is 10.7. The molecule has 2 amide bonds. The first-order valence-electron chi connectivity index (χ1n) is 10.5. The van der Waals surface area contributed by atoms with Crippen LogP contribution in [0.2, 0.25) is 0 Å². The van der Waals surface area contributed by atoms with Crippen molar-refractivity contribution in [2.24, 2.45) is 17.3 Å². The maximum Gasteiger partial charge on any atom is 0.244 e. The fourth-order valence-corrected chi connectivity index (χ4v) is 4.98. The van der Waals surface area contributed by atoms with Gasteiger partial charge in [-0.3, -0.25) is 9.59 Å². The number of amides is 2. The summed E-state index contributed by atoms with van der Waals surface area (Å²) >= 11 is 0. The number of benzene rings is 1. The molecule has 3 aliphatic rings. The van der Waals surface area contributed by atoms with E-state index in [2.05, 4.69) is 31.4 Å². The average molecular weight is 399 g/mol. The molecule has 6 heteroatoms. The van der Waals surface area contributed by atoms with Crippen molar-refractivity contribution in [2.45, 2.75) is 58.5 Å². The second-order valence-corrected chi connectivity index (χ2v) is 9.48. The summed E-state index contributed by atoms with van der Waals surface area (Å²) in [5, 5.41) is 6.28. The van der Waals surface area contributed by atoms with Gasteiger partial charge in [-0.15, -0.1) is 0 Å². The van der Waals surface area contributed by atoms with Gasteiger partial charge in [0.05, 0.1) is 0 Å². The molecule has 0 spiro atoms. The summed E-state index contributed by atoms with van der Waals surface area (Å²) in [5.41, 5.74) is 1.00. The number of nitrogens with one attached hydrogen (secondary N) is 2. The predicted molar refractivity (Wildman–Crippen MR) is 110 cm³/mol. The van der Waals surface area contributed by atoms with Crippen LogP contribution in [0.25, 0.3) is 6.08 Å². The first-order chi connectivity index (χ1) is 13.8. The number of piperidine rings is 1. The summed E-state index contributed by atoms with van der Waals surface area (Å²) in [5.74, 6) is 2.34. The Hall–Kier alpha value is -2.50. The van der Waals surface area contributed by atoms with E-state index in [-0.39, 0.29) is 36.1 Å². The van der Waals surface area contributed by atoms with Gasteiger partial charge in [0.1, 0.15) is 0 Å². The minimum atomic E-state index is -0.111. The Morgan fingerprint density at radius 3 is 2.79 bits per heavy atom. The second kappa shape index (κ2) is 7.73. The number of rotatable bonds is 3. The number of fused-ring (bicyclic) bond motifs is 2. The molecule has 4 unspecified atom stereocenters. The lowest BCUT2D eigenvalue weighted by molar-refractivity contribution is -0.130. The monoisotopic (exact) mass is 398 g/mol. The lowest BCUT2D eigenvalue weighted by Crippen LogP contribution is -2.57. The molecule has 4 rings (SSSR count). The van der Waals surface area contributed by atoms with Gasteiger partial charge in [-0.1, -0.05) is 26.8 Å². The summed E-state index contributed by atoms with van der Waals surface area (Å²) in [6, 6.07) is 5.84. The van der Waals surface area contributed by atoms with Crippen LogP contribution in [-0.2, 0) is 9.59 Å². The van der Waals surface area contributed by atoms with E-state index in [1.807, 2.05) is 18.2 Å². The maximum absolute atomic E-state index is 12.4. The largest absolute Gasteiger partial charge is 0.454 e. The van der Waals surface area contributed by atoms with Crippen LogP contribution in [0.15, 0.2) is 24.3 Å². The van der Waals surface area contributed by atoms with Gasteiger partial charge in [-0.2, -0.15) is 0 Å². The molecule has 6 nitrogen and oxygen atoms in total. The van der Waals surface area contributed by atoms with Crippen molar-refractivity contribution in [3.63, 3.8) is 0 Å². The van der Waals surface area contributed by atoms with Crippen LogP contribution in [-0.4, -0.2) is 30.7 Å². The third-order valence-corrected chi connectivity index (χ3v) is 6.45. The quantitative estimate of drug-likeness (QED) is 0.766. The Balaban J connectivity index is 1.35. The van der Waals surface area contributed by atoms with E-state index in [1.165, 1.54) is 0 Å². The van der Waals surface area contributed by atoms with E-state index in [4.69, 9.17) is 9.47 Å². The molecule has 1 aromatic carbocycles. The van der Waals surface area contributed by atoms with Crippen LogP contribution < -0.4 is 20.1 Å². The van der Waals surface area contributed by atoms with Gasteiger partial charge in [-0.05, 0) is 60.3 Å². The standard InChI is InChI=1S/C23H30N2O4/c1-23(2,3)17-12-22(27)25-18-11-15(6-7-16(17)18)24-21(26)9-5-14-4-8-19-20(10-14)29-13-28-19/h4-5,8-10,15-18H,6-7,11-13H2,1-3H3,(H,24,26)(H,25,27)/b9-5-. The van der Waals surface area contributed by atoms with Gasteiger partial charge in [0.15, 0.2) is 11.5 Å². The van der Waals surface area contributed by atoms with E-state index in [0.29, 0.717) is 24.0 Å². The Kier molecular flexibility index (Phi) is 5.28. The molecular weight excluding hydrogens is 368 g/mol. The van der Waals surface area contributed by atoms with Crippen LogP contribution in [0.3, 0.4) is 0 Å². The lowest BCUT2D eigenvalue weighted by Gasteiger charge is -2.48. The summed E-state index contributed by atoms with van der Waals surface area (Å²) in [6.07, 6.45) is 6.73. The number of ether oxygens (including phenoxy) is 2. The highest BCUT2D eigenvalue weighted by Gasteiger charge is 2.45. The number of hydrogen-bond donors (Lipinski definition) is 2. The highest BCUT2D eigenvalue weighted by Crippen LogP contribution is 2.44. The average Bonchev–Trinajstić information content (AvgIpc) is 3.12. The normalized spacial score (nSPS) is 28.7. The minimum Gasteiger partial charge on any atom is -0.454 e. The van der Waals surface area contributed by atoms with E-state index in [0.717, 1.165) is 30.6 Å². The predicted octanol–water partition coefficient (Wildman–Crippen LogP) is 3.26. The second-order valence-electron chi connectivity index (χ2n) is 9.48. The topological polar surface area (TPSA) is 76.7 Å². The third-order valence-electron chi connectivity index (χ3n) is 6.45. The molecule has 0 bridgehead atoms. The number of carbonyl (C=O) groups excluding carboxylic acids is 2. The third kappa shape index (κ3) is 4.41. The Morgan fingerprint density at radius 2 is 2.00 bits per heavy atom. The zero-order valence-electron chi connectivity index (χ0n) is 17.4. The smallest absolute Gasteiger partial charge is 0.244 e. The molecule has 1 saturated carbocycles. The van der Waals surface area contributed by atoms with E-state index in [9.17, 15) is 9.59 Å². The number of hydrogen-bond acceptors (Lipinski definition) is 4. The molecule has 0 radical (unpaired) electrons. The first kappa shape index (κ1) is 19.8. The van der Waals surface area contributed by atoms with Crippen molar-refractivity contribution in [3.8, 4) is 11.5 Å². The van der Waals surface area contributed by atoms with Gasteiger partial charge in [0.25, 0.3) is 0 Å². The van der Waals surface area contributed by atoms with Crippen molar-refractivity contribution < 1.29 is 19.1 Å². The molecular formula is C23H30N2O4. The minimum absolute atomic E-state index is 0.0872. The molecule has 2 heterocycles. The summed E-state index contributed by atoms with van der Waals surface area (Å²) in [7, 11) is 0. The maximum atomic E-state index is 12.4. The molecule has 29 heavy (non-hydrogen) atoms. The van der Waals surface area contributed by atoms with E-state index in [1.54, 1.807) is 12.2 Å². The molecule has 4 atom stereocenters. The van der Waals surface area contributed by atoms with Gasteiger partial charge in [0.2, 0.25) is 18.6 Å². The summed E-state index contributed by atoms with van der Waals surface area (Å²) in [4.78, 5) is 24.6. The van der Waals surface area contributed by atoms with Crippen LogP contribution >= 0.6 is 0 Å². The fraction of sp³-hybridized carbons (Fsp3) is 0.565. The summed E-state index contributed by atoms with van der Waals surface area (Å²) in [6.45, 7) is 6.91. The Labute approximate surface area is 172 Å². The highest BCUT2D eigenvalue weighted by molar-refractivity contribution is 5.92. The van der Waals surface area contributed by atoms with E-state index < -0.39 is 0 Å². The van der Waals surface area contributed by atoms with Crippen molar-refractivity contribution in [3.05, 3.63) is 29.8 Å². The zero-order chi connectivity index (χ0) is 20.6.